The Balaban J connectivity index is 1.59. The van der Waals surface area contributed by atoms with Crippen LogP contribution >= 0.6 is 0 Å². The summed E-state index contributed by atoms with van der Waals surface area (Å²) in [4.78, 5) is 28.8. The Hall–Kier alpha value is -2.24. The molecule has 0 bridgehead atoms. The molecule has 2 heterocycles. The Morgan fingerprint density at radius 1 is 1.23 bits per heavy atom. The molecule has 2 atom stereocenters. The van der Waals surface area contributed by atoms with Gasteiger partial charge in [-0.25, -0.2) is 4.79 Å². The molecule has 1 aromatic carbocycles. The normalized spacial score (nSPS) is 23.2. The van der Waals surface area contributed by atoms with E-state index >= 15 is 0 Å². The Bertz CT molecular complexity index is 632. The lowest BCUT2D eigenvalue weighted by atomic mass is 10.0. The van der Waals surface area contributed by atoms with E-state index in [0.29, 0.717) is 25.6 Å². The van der Waals surface area contributed by atoms with Crippen LogP contribution in [-0.4, -0.2) is 48.6 Å². The number of nitrogens with one attached hydrogen (secondary N) is 1. The number of ether oxygens (including phenoxy) is 1. The average Bonchev–Trinajstić information content (AvgIpc) is 3.02. The minimum atomic E-state index is -0.138. The van der Waals surface area contributed by atoms with Crippen LogP contribution < -0.4 is 15.0 Å². The molecule has 6 heteroatoms. The van der Waals surface area contributed by atoms with E-state index in [4.69, 9.17) is 4.74 Å². The summed E-state index contributed by atoms with van der Waals surface area (Å²) in [7, 11) is 0. The first-order valence-corrected chi connectivity index (χ1v) is 9.72. The number of rotatable bonds is 5. The molecule has 0 unspecified atom stereocenters. The number of urea groups is 1. The number of benzene rings is 1. The van der Waals surface area contributed by atoms with Crippen LogP contribution in [0.15, 0.2) is 24.3 Å². The van der Waals surface area contributed by atoms with Crippen LogP contribution in [0.3, 0.4) is 0 Å². The zero-order chi connectivity index (χ0) is 18.5. The number of piperidine rings is 1. The fourth-order valence-electron chi connectivity index (χ4n) is 3.89. The third-order valence-corrected chi connectivity index (χ3v) is 5.27. The van der Waals surface area contributed by atoms with Crippen LogP contribution in [0.2, 0.25) is 0 Å². The van der Waals surface area contributed by atoms with Gasteiger partial charge in [-0.05, 0) is 56.9 Å². The van der Waals surface area contributed by atoms with Gasteiger partial charge in [0.1, 0.15) is 5.75 Å². The second-order valence-electron chi connectivity index (χ2n) is 7.03. The molecule has 2 aliphatic rings. The molecule has 26 heavy (non-hydrogen) atoms. The molecule has 2 fully saturated rings. The predicted octanol–water partition coefficient (Wildman–Crippen LogP) is 3.16. The van der Waals surface area contributed by atoms with Crippen molar-refractivity contribution < 1.29 is 14.3 Å². The van der Waals surface area contributed by atoms with Crippen molar-refractivity contribution in [1.82, 2.24) is 10.2 Å². The van der Waals surface area contributed by atoms with E-state index in [-0.39, 0.29) is 18.0 Å². The summed E-state index contributed by atoms with van der Waals surface area (Å²) < 4.78 is 5.45. The van der Waals surface area contributed by atoms with Crippen LogP contribution in [0, 0.1) is 0 Å². The summed E-state index contributed by atoms with van der Waals surface area (Å²) in [5.41, 5.74) is 0.847. The molecule has 2 aliphatic heterocycles. The molecule has 0 aromatic heterocycles. The summed E-state index contributed by atoms with van der Waals surface area (Å²) >= 11 is 0. The van der Waals surface area contributed by atoms with E-state index in [9.17, 15) is 9.59 Å². The zero-order valence-electron chi connectivity index (χ0n) is 15.7. The minimum Gasteiger partial charge on any atom is -0.494 e. The van der Waals surface area contributed by atoms with E-state index in [1.807, 2.05) is 36.1 Å². The minimum absolute atomic E-state index is 0.0251. The number of amides is 3. The molecule has 0 spiro atoms. The molecule has 2 saturated heterocycles. The van der Waals surface area contributed by atoms with E-state index in [1.54, 1.807) is 4.90 Å². The van der Waals surface area contributed by atoms with Gasteiger partial charge in [0, 0.05) is 31.2 Å². The van der Waals surface area contributed by atoms with Gasteiger partial charge in [0.25, 0.3) is 0 Å². The van der Waals surface area contributed by atoms with Crippen molar-refractivity contribution >= 4 is 17.6 Å². The molecular weight excluding hydrogens is 330 g/mol. The highest BCUT2D eigenvalue weighted by atomic mass is 16.5. The molecule has 1 N–H and O–H groups in total. The Morgan fingerprint density at radius 2 is 2.00 bits per heavy atom. The van der Waals surface area contributed by atoms with Gasteiger partial charge in [-0.1, -0.05) is 6.92 Å². The van der Waals surface area contributed by atoms with Crippen LogP contribution in [0.4, 0.5) is 10.5 Å². The molecule has 142 valence electrons. The highest BCUT2D eigenvalue weighted by Gasteiger charge is 2.34. The SMILES string of the molecule is CCOc1ccc(N2C[C@@H](NC(=O)N3CCCC[C@H]3CC)CC2=O)cc1. The summed E-state index contributed by atoms with van der Waals surface area (Å²) in [5, 5.41) is 3.07. The third-order valence-electron chi connectivity index (χ3n) is 5.27. The van der Waals surface area contributed by atoms with E-state index in [1.165, 1.54) is 6.42 Å². The maximum Gasteiger partial charge on any atom is 0.317 e. The molecule has 0 aliphatic carbocycles. The Morgan fingerprint density at radius 3 is 2.69 bits per heavy atom. The zero-order valence-corrected chi connectivity index (χ0v) is 15.7. The van der Waals surface area contributed by atoms with Crippen molar-refractivity contribution in [3.63, 3.8) is 0 Å². The maximum absolute atomic E-state index is 12.7. The van der Waals surface area contributed by atoms with Gasteiger partial charge >= 0.3 is 6.03 Å². The molecule has 3 rings (SSSR count). The second-order valence-corrected chi connectivity index (χ2v) is 7.03. The summed E-state index contributed by atoms with van der Waals surface area (Å²) in [5.74, 6) is 0.841. The van der Waals surface area contributed by atoms with Crippen LogP contribution in [0.5, 0.6) is 5.75 Å². The molecule has 0 radical (unpaired) electrons. The molecular formula is C20H29N3O3. The summed E-state index contributed by atoms with van der Waals surface area (Å²) in [6.45, 7) is 6.02. The van der Waals surface area contributed by atoms with Gasteiger partial charge in [-0.2, -0.15) is 0 Å². The largest absolute Gasteiger partial charge is 0.494 e. The van der Waals surface area contributed by atoms with Gasteiger partial charge in [0.2, 0.25) is 5.91 Å². The van der Waals surface area contributed by atoms with Gasteiger partial charge in [-0.15, -0.1) is 0 Å². The number of anilines is 1. The predicted molar refractivity (Wildman–Crippen MR) is 102 cm³/mol. The van der Waals surface area contributed by atoms with Crippen LogP contribution in [0.1, 0.15) is 46.0 Å². The van der Waals surface area contributed by atoms with Crippen molar-refractivity contribution in [2.75, 3.05) is 24.6 Å². The number of carbonyl (C=O) groups excluding carboxylic acids is 2. The van der Waals surface area contributed by atoms with Crippen molar-refractivity contribution in [3.05, 3.63) is 24.3 Å². The van der Waals surface area contributed by atoms with Crippen molar-refractivity contribution in [2.24, 2.45) is 0 Å². The quantitative estimate of drug-likeness (QED) is 0.878. The van der Waals surface area contributed by atoms with Gasteiger partial charge < -0.3 is 19.9 Å². The lowest BCUT2D eigenvalue weighted by Gasteiger charge is -2.35. The summed E-state index contributed by atoms with van der Waals surface area (Å²) in [6.07, 6.45) is 4.66. The lowest BCUT2D eigenvalue weighted by molar-refractivity contribution is -0.117. The molecule has 6 nitrogen and oxygen atoms in total. The number of carbonyl (C=O) groups is 2. The van der Waals surface area contributed by atoms with Gasteiger partial charge in [0.15, 0.2) is 0 Å². The molecule has 3 amide bonds. The van der Waals surface area contributed by atoms with Crippen LogP contribution in [0.25, 0.3) is 0 Å². The molecule has 0 saturated carbocycles. The maximum atomic E-state index is 12.7. The van der Waals surface area contributed by atoms with Crippen molar-refractivity contribution in [1.29, 1.82) is 0 Å². The second kappa shape index (κ2) is 8.43. The van der Waals surface area contributed by atoms with Gasteiger partial charge in [-0.3, -0.25) is 4.79 Å². The first-order chi connectivity index (χ1) is 12.6. The average molecular weight is 359 g/mol. The van der Waals surface area contributed by atoms with Crippen molar-refractivity contribution in [2.45, 2.75) is 58.0 Å². The Kier molecular flexibility index (Phi) is 6.01. The Labute approximate surface area is 155 Å². The first kappa shape index (κ1) is 18.5. The van der Waals surface area contributed by atoms with E-state index in [2.05, 4.69) is 12.2 Å². The topological polar surface area (TPSA) is 61.9 Å². The smallest absolute Gasteiger partial charge is 0.317 e. The van der Waals surface area contributed by atoms with Gasteiger partial charge in [0.05, 0.1) is 12.6 Å². The lowest BCUT2D eigenvalue weighted by Crippen LogP contribution is -2.51. The third kappa shape index (κ3) is 4.11. The van der Waals surface area contributed by atoms with E-state index in [0.717, 1.165) is 37.2 Å². The van der Waals surface area contributed by atoms with Crippen LogP contribution in [-0.2, 0) is 4.79 Å². The standard InChI is InChI=1S/C20H29N3O3/c1-3-16-7-5-6-12-22(16)20(25)21-15-13-19(24)23(14-15)17-8-10-18(11-9-17)26-4-2/h8-11,15-16H,3-7,12-14H2,1-2H3,(H,21,25)/t15-,16+/m0/s1. The highest BCUT2D eigenvalue weighted by Crippen LogP contribution is 2.25. The highest BCUT2D eigenvalue weighted by molar-refractivity contribution is 5.96. The monoisotopic (exact) mass is 359 g/mol. The summed E-state index contributed by atoms with van der Waals surface area (Å²) in [6, 6.07) is 7.69. The number of nitrogens with zero attached hydrogens (tertiary/aromatic N) is 2. The van der Waals surface area contributed by atoms with Crippen molar-refractivity contribution in [3.8, 4) is 5.75 Å². The van der Waals surface area contributed by atoms with E-state index < -0.39 is 0 Å². The molecule has 1 aromatic rings. The number of likely N-dealkylation sites (tertiary alicyclic amines) is 1. The first-order valence-electron chi connectivity index (χ1n) is 9.72. The number of hydrogen-bond acceptors (Lipinski definition) is 3. The fourth-order valence-corrected chi connectivity index (χ4v) is 3.89. The fraction of sp³-hybridized carbons (Fsp3) is 0.600. The number of hydrogen-bond donors (Lipinski definition) is 1.